The molecule has 0 aliphatic rings. The van der Waals surface area contributed by atoms with Crippen LogP contribution >= 0.6 is 0 Å². The lowest BCUT2D eigenvalue weighted by molar-refractivity contribution is -0.274. The van der Waals surface area contributed by atoms with Crippen LogP contribution < -0.4 is 4.74 Å². The zero-order chi connectivity index (χ0) is 13.5. The van der Waals surface area contributed by atoms with E-state index in [2.05, 4.69) is 4.74 Å². The van der Waals surface area contributed by atoms with Crippen LogP contribution in [0.2, 0.25) is 0 Å². The molecule has 4 heteroatoms. The van der Waals surface area contributed by atoms with Crippen molar-refractivity contribution in [3.8, 4) is 5.75 Å². The summed E-state index contributed by atoms with van der Waals surface area (Å²) in [5, 5.41) is 0. The number of hydrogen-bond donors (Lipinski definition) is 0. The largest absolute Gasteiger partial charge is 0.573 e. The number of rotatable bonds is 3. The third-order valence-electron chi connectivity index (χ3n) is 2.27. The average molecular weight is 248 g/mol. The quantitative estimate of drug-likeness (QED) is 0.721. The molecule has 1 atom stereocenters. The van der Waals surface area contributed by atoms with Crippen molar-refractivity contribution >= 4 is 0 Å². The van der Waals surface area contributed by atoms with Crippen molar-refractivity contribution in [1.82, 2.24) is 0 Å². The molecule has 0 heterocycles. The minimum absolute atomic E-state index is 0.152. The Kier molecular flexibility index (Phi) is 6.69. The Hall–Kier alpha value is -1.19. The fraction of sp³-hybridized carbons (Fsp3) is 0.538. The van der Waals surface area contributed by atoms with Gasteiger partial charge in [-0.1, -0.05) is 39.8 Å². The van der Waals surface area contributed by atoms with Crippen LogP contribution in [-0.2, 0) is 0 Å². The smallest absolute Gasteiger partial charge is 0.406 e. The molecule has 1 rings (SSSR count). The third kappa shape index (κ3) is 6.19. The Morgan fingerprint density at radius 2 is 1.82 bits per heavy atom. The molecule has 0 saturated carbocycles. The van der Waals surface area contributed by atoms with Gasteiger partial charge in [-0.2, -0.15) is 0 Å². The van der Waals surface area contributed by atoms with Gasteiger partial charge in [0.05, 0.1) is 0 Å². The summed E-state index contributed by atoms with van der Waals surface area (Å²) in [5.41, 5.74) is 0.860. The first kappa shape index (κ1) is 15.8. The first-order valence-corrected chi connectivity index (χ1v) is 5.78. The Morgan fingerprint density at radius 1 is 1.24 bits per heavy atom. The van der Waals surface area contributed by atoms with Crippen molar-refractivity contribution < 1.29 is 17.9 Å². The van der Waals surface area contributed by atoms with E-state index in [9.17, 15) is 13.2 Å². The normalized spacial score (nSPS) is 12.4. The van der Waals surface area contributed by atoms with Crippen molar-refractivity contribution in [3.05, 3.63) is 29.8 Å². The molecule has 17 heavy (non-hydrogen) atoms. The molecule has 0 amide bonds. The first-order valence-electron chi connectivity index (χ1n) is 5.78. The molecule has 0 N–H and O–H groups in total. The van der Waals surface area contributed by atoms with Crippen molar-refractivity contribution in [3.63, 3.8) is 0 Å². The minimum atomic E-state index is -4.62. The Morgan fingerprint density at radius 3 is 2.29 bits per heavy atom. The van der Waals surface area contributed by atoms with Crippen LogP contribution in [-0.4, -0.2) is 6.36 Å². The highest BCUT2D eigenvalue weighted by Crippen LogP contribution is 2.27. The third-order valence-corrected chi connectivity index (χ3v) is 2.27. The molecule has 1 aromatic carbocycles. The van der Waals surface area contributed by atoms with Gasteiger partial charge >= 0.3 is 6.36 Å². The van der Waals surface area contributed by atoms with Gasteiger partial charge < -0.3 is 4.74 Å². The van der Waals surface area contributed by atoms with Gasteiger partial charge in [-0.25, -0.2) is 0 Å². The minimum Gasteiger partial charge on any atom is -0.406 e. The van der Waals surface area contributed by atoms with Gasteiger partial charge in [0.25, 0.3) is 0 Å². The number of ether oxygens (including phenoxy) is 1. The van der Waals surface area contributed by atoms with E-state index in [1.54, 1.807) is 12.1 Å². The highest BCUT2D eigenvalue weighted by Gasteiger charge is 2.31. The predicted molar refractivity (Wildman–Crippen MR) is 63.2 cm³/mol. The molecular formula is C13H19F3O. The molecule has 0 aliphatic carbocycles. The summed E-state index contributed by atoms with van der Waals surface area (Å²) >= 11 is 0. The Bertz CT molecular complexity index is 321. The molecular weight excluding hydrogens is 229 g/mol. The molecule has 0 fully saturated rings. The number of benzene rings is 1. The van der Waals surface area contributed by atoms with Crippen molar-refractivity contribution in [1.29, 1.82) is 0 Å². The van der Waals surface area contributed by atoms with Gasteiger partial charge in [-0.3, -0.25) is 0 Å². The maximum Gasteiger partial charge on any atom is 0.573 e. The molecule has 0 spiro atoms. The van der Waals surface area contributed by atoms with Crippen LogP contribution in [0, 0.1) is 0 Å². The lowest BCUT2D eigenvalue weighted by Gasteiger charge is -2.12. The fourth-order valence-corrected chi connectivity index (χ4v) is 1.25. The molecule has 0 radical (unpaired) electrons. The summed E-state index contributed by atoms with van der Waals surface area (Å²) in [6.07, 6.45) is -3.73. The summed E-state index contributed by atoms with van der Waals surface area (Å²) in [4.78, 5) is 0. The fourth-order valence-electron chi connectivity index (χ4n) is 1.25. The molecule has 0 bridgehead atoms. The van der Waals surface area contributed by atoms with Crippen LogP contribution in [0.25, 0.3) is 0 Å². The van der Waals surface area contributed by atoms with Gasteiger partial charge in [0.2, 0.25) is 0 Å². The van der Waals surface area contributed by atoms with Gasteiger partial charge in [-0.15, -0.1) is 13.2 Å². The van der Waals surface area contributed by atoms with E-state index in [0.29, 0.717) is 0 Å². The van der Waals surface area contributed by atoms with Crippen LogP contribution in [0.3, 0.4) is 0 Å². The summed E-state index contributed by atoms with van der Waals surface area (Å²) in [6, 6.07) is 6.11. The molecule has 0 aliphatic heterocycles. The summed E-state index contributed by atoms with van der Waals surface area (Å²) < 4.78 is 39.6. The number of alkyl halides is 3. The highest BCUT2D eigenvalue weighted by molar-refractivity contribution is 5.30. The number of halogens is 3. The standard InChI is InChI=1S/C11H13F3O.C2H6/c1-3-8(2)9-5-4-6-10(7-9)15-11(12,13)14;1-2/h4-8H,3H2,1-2H3;1-2H3. The van der Waals surface area contributed by atoms with E-state index >= 15 is 0 Å². The van der Waals surface area contributed by atoms with Gasteiger partial charge in [0.15, 0.2) is 0 Å². The monoisotopic (exact) mass is 248 g/mol. The van der Waals surface area contributed by atoms with Crippen molar-refractivity contribution in [2.75, 3.05) is 0 Å². The lowest BCUT2D eigenvalue weighted by Crippen LogP contribution is -2.17. The van der Waals surface area contributed by atoms with E-state index in [1.807, 2.05) is 27.7 Å². The molecule has 0 saturated heterocycles. The van der Waals surface area contributed by atoms with Crippen molar-refractivity contribution in [2.45, 2.75) is 46.4 Å². The molecule has 0 aromatic heterocycles. The molecule has 1 nitrogen and oxygen atoms in total. The highest BCUT2D eigenvalue weighted by atomic mass is 19.4. The van der Waals surface area contributed by atoms with Crippen LogP contribution in [0.1, 0.15) is 45.6 Å². The van der Waals surface area contributed by atoms with Crippen LogP contribution in [0.4, 0.5) is 13.2 Å². The summed E-state index contributed by atoms with van der Waals surface area (Å²) in [6.45, 7) is 7.95. The van der Waals surface area contributed by atoms with Crippen LogP contribution in [0.15, 0.2) is 24.3 Å². The topological polar surface area (TPSA) is 9.23 Å². The molecule has 1 aromatic rings. The lowest BCUT2D eigenvalue weighted by atomic mass is 9.99. The second-order valence-electron chi connectivity index (χ2n) is 3.43. The zero-order valence-corrected chi connectivity index (χ0v) is 10.6. The van der Waals surface area contributed by atoms with E-state index in [-0.39, 0.29) is 11.7 Å². The van der Waals surface area contributed by atoms with E-state index in [0.717, 1.165) is 12.0 Å². The maximum absolute atomic E-state index is 11.9. The molecule has 98 valence electrons. The van der Waals surface area contributed by atoms with E-state index in [1.165, 1.54) is 12.1 Å². The summed E-state index contributed by atoms with van der Waals surface area (Å²) in [5.74, 6) is 0.0853. The van der Waals surface area contributed by atoms with Gasteiger partial charge in [0.1, 0.15) is 5.75 Å². The predicted octanol–water partition coefficient (Wildman–Crippen LogP) is 5.12. The summed E-state index contributed by atoms with van der Waals surface area (Å²) in [7, 11) is 0. The maximum atomic E-state index is 11.9. The average Bonchev–Trinajstić information content (AvgIpc) is 2.29. The second-order valence-corrected chi connectivity index (χ2v) is 3.43. The zero-order valence-electron chi connectivity index (χ0n) is 10.6. The Balaban J connectivity index is 0.00000121. The second kappa shape index (κ2) is 7.20. The van der Waals surface area contributed by atoms with Gasteiger partial charge in [-0.05, 0) is 30.0 Å². The van der Waals surface area contributed by atoms with Crippen molar-refractivity contribution in [2.24, 2.45) is 0 Å². The van der Waals surface area contributed by atoms with E-state index in [4.69, 9.17) is 0 Å². The van der Waals surface area contributed by atoms with Crippen LogP contribution in [0.5, 0.6) is 5.75 Å². The Labute approximate surface area is 101 Å². The van der Waals surface area contributed by atoms with E-state index < -0.39 is 6.36 Å². The SMILES string of the molecule is CC.CCC(C)c1cccc(OC(F)(F)F)c1. The number of hydrogen-bond acceptors (Lipinski definition) is 1. The van der Waals surface area contributed by atoms with Gasteiger partial charge in [0, 0.05) is 0 Å². The molecule has 1 unspecified atom stereocenters. The first-order chi connectivity index (χ1) is 7.92.